The van der Waals surface area contributed by atoms with E-state index in [9.17, 15) is 22.8 Å². The first-order chi connectivity index (χ1) is 13.3. The molecule has 0 unspecified atom stereocenters. The van der Waals surface area contributed by atoms with Crippen molar-refractivity contribution in [3.8, 4) is 0 Å². The highest BCUT2D eigenvalue weighted by atomic mass is 19.4. The molecule has 1 fully saturated rings. The Morgan fingerprint density at radius 2 is 1.71 bits per heavy atom. The van der Waals surface area contributed by atoms with E-state index in [1.165, 1.54) is 25.5 Å². The average Bonchev–Trinajstić information content (AvgIpc) is 3.15. The van der Waals surface area contributed by atoms with Gasteiger partial charge in [0.25, 0.3) is 5.91 Å². The number of furan rings is 1. The van der Waals surface area contributed by atoms with Crippen molar-refractivity contribution in [2.75, 3.05) is 33.3 Å². The van der Waals surface area contributed by atoms with Crippen molar-refractivity contribution in [2.45, 2.75) is 12.7 Å². The van der Waals surface area contributed by atoms with Gasteiger partial charge in [0.05, 0.1) is 18.9 Å². The van der Waals surface area contributed by atoms with Crippen LogP contribution in [0.3, 0.4) is 0 Å². The molecule has 6 nitrogen and oxygen atoms in total. The number of ether oxygens (including phenoxy) is 1. The Bertz CT molecular complexity index is 838. The normalized spacial score (nSPS) is 15.5. The Morgan fingerprint density at radius 1 is 1.07 bits per heavy atom. The molecule has 1 aliphatic rings. The fraction of sp³-hybridized carbons (Fsp3) is 0.368. The molecule has 0 radical (unpaired) electrons. The number of alkyl halides is 3. The summed E-state index contributed by atoms with van der Waals surface area (Å²) in [7, 11) is 1.28. The van der Waals surface area contributed by atoms with Gasteiger partial charge in [-0.3, -0.25) is 9.69 Å². The minimum Gasteiger partial charge on any atom is -0.463 e. The van der Waals surface area contributed by atoms with Gasteiger partial charge in [0, 0.05) is 43.9 Å². The summed E-state index contributed by atoms with van der Waals surface area (Å²) in [5.74, 6) is -0.686. The molecule has 9 heteroatoms. The zero-order valence-electron chi connectivity index (χ0n) is 15.2. The first-order valence-electron chi connectivity index (χ1n) is 8.63. The average molecular weight is 396 g/mol. The Labute approximate surface area is 159 Å². The Kier molecular flexibility index (Phi) is 5.73. The molecular formula is C19H19F3N2O4. The molecule has 1 aromatic heterocycles. The number of hydrogen-bond acceptors (Lipinski definition) is 5. The third-order valence-electron chi connectivity index (χ3n) is 4.63. The van der Waals surface area contributed by atoms with Crippen molar-refractivity contribution in [1.82, 2.24) is 9.80 Å². The number of amides is 1. The summed E-state index contributed by atoms with van der Waals surface area (Å²) in [6.45, 7) is 2.48. The van der Waals surface area contributed by atoms with Gasteiger partial charge in [0.15, 0.2) is 0 Å². The summed E-state index contributed by atoms with van der Waals surface area (Å²) in [6, 6.07) is 5.93. The summed E-state index contributed by atoms with van der Waals surface area (Å²) in [4.78, 5) is 27.9. The number of methoxy groups -OCH3 is 1. The summed E-state index contributed by atoms with van der Waals surface area (Å²) in [6.07, 6.45) is -3.00. The highest BCUT2D eigenvalue weighted by Gasteiger charge is 2.31. The second-order valence-corrected chi connectivity index (χ2v) is 6.41. The van der Waals surface area contributed by atoms with Crippen LogP contribution >= 0.6 is 0 Å². The number of nitrogens with zero attached hydrogens (tertiary/aromatic N) is 2. The summed E-state index contributed by atoms with van der Waals surface area (Å²) in [5.41, 5.74) is 0.147. The molecule has 1 saturated heterocycles. The van der Waals surface area contributed by atoms with Crippen LogP contribution in [0.5, 0.6) is 0 Å². The van der Waals surface area contributed by atoms with Crippen molar-refractivity contribution < 1.29 is 31.9 Å². The standard InChI is InChI=1S/C19H19F3N2O4/c1-27-18(26)16-14(6-11-28-16)12-23-7-9-24(10-8-23)17(25)13-2-4-15(5-3-13)19(20,21)22/h2-6,11H,7-10,12H2,1H3. The van der Waals surface area contributed by atoms with Crippen LogP contribution in [0.4, 0.5) is 13.2 Å². The SMILES string of the molecule is COC(=O)c1occc1CN1CCN(C(=O)c2ccc(C(F)(F)F)cc2)CC1. The Morgan fingerprint density at radius 3 is 2.29 bits per heavy atom. The minimum atomic E-state index is -4.43. The highest BCUT2D eigenvalue weighted by Crippen LogP contribution is 2.29. The molecule has 0 spiro atoms. The topological polar surface area (TPSA) is 63.0 Å². The van der Waals surface area contributed by atoms with Gasteiger partial charge in [-0.2, -0.15) is 13.2 Å². The number of piperazine rings is 1. The van der Waals surface area contributed by atoms with Gasteiger partial charge in [-0.15, -0.1) is 0 Å². The van der Waals surface area contributed by atoms with Crippen LogP contribution in [0.1, 0.15) is 32.0 Å². The molecule has 28 heavy (non-hydrogen) atoms. The van der Waals surface area contributed by atoms with Gasteiger partial charge in [-0.05, 0) is 30.3 Å². The van der Waals surface area contributed by atoms with Crippen LogP contribution < -0.4 is 0 Å². The maximum absolute atomic E-state index is 12.6. The largest absolute Gasteiger partial charge is 0.463 e. The van der Waals surface area contributed by atoms with Gasteiger partial charge in [0.1, 0.15) is 0 Å². The van der Waals surface area contributed by atoms with Crippen LogP contribution in [0.15, 0.2) is 41.0 Å². The molecular weight excluding hydrogens is 377 g/mol. The van der Waals surface area contributed by atoms with E-state index in [1.807, 2.05) is 0 Å². The predicted octanol–water partition coefficient (Wildman–Crippen LogP) is 3.04. The maximum Gasteiger partial charge on any atom is 0.416 e. The monoisotopic (exact) mass is 396 g/mol. The fourth-order valence-electron chi connectivity index (χ4n) is 3.07. The van der Waals surface area contributed by atoms with Gasteiger partial charge in [0.2, 0.25) is 5.76 Å². The number of hydrogen-bond donors (Lipinski definition) is 0. The van der Waals surface area contributed by atoms with Gasteiger partial charge < -0.3 is 14.1 Å². The van der Waals surface area contributed by atoms with Crippen LogP contribution in [-0.2, 0) is 17.5 Å². The van der Waals surface area contributed by atoms with E-state index in [4.69, 9.17) is 4.42 Å². The fourth-order valence-corrected chi connectivity index (χ4v) is 3.07. The van der Waals surface area contributed by atoms with Gasteiger partial charge in [-0.1, -0.05) is 0 Å². The molecule has 1 amide bonds. The third-order valence-corrected chi connectivity index (χ3v) is 4.63. The molecule has 3 rings (SSSR count). The van der Waals surface area contributed by atoms with Crippen molar-refractivity contribution in [2.24, 2.45) is 0 Å². The van der Waals surface area contributed by atoms with E-state index >= 15 is 0 Å². The molecule has 2 aromatic rings. The summed E-state index contributed by atoms with van der Waals surface area (Å²) >= 11 is 0. The van der Waals surface area contributed by atoms with Crippen LogP contribution in [0.2, 0.25) is 0 Å². The molecule has 0 bridgehead atoms. The van der Waals surface area contributed by atoms with E-state index in [0.717, 1.165) is 12.1 Å². The zero-order valence-corrected chi connectivity index (χ0v) is 15.2. The predicted molar refractivity (Wildman–Crippen MR) is 92.7 cm³/mol. The summed E-state index contributed by atoms with van der Waals surface area (Å²) < 4.78 is 47.8. The molecule has 150 valence electrons. The van der Waals surface area contributed by atoms with Crippen molar-refractivity contribution in [3.63, 3.8) is 0 Å². The quantitative estimate of drug-likeness (QED) is 0.744. The second kappa shape index (κ2) is 8.05. The first kappa shape index (κ1) is 19.9. The van der Waals surface area contributed by atoms with Crippen LogP contribution in [0, 0.1) is 0 Å². The van der Waals surface area contributed by atoms with Gasteiger partial charge in [-0.25, -0.2) is 4.79 Å². The lowest BCUT2D eigenvalue weighted by Crippen LogP contribution is -2.48. The lowest BCUT2D eigenvalue weighted by Gasteiger charge is -2.34. The molecule has 1 aromatic carbocycles. The maximum atomic E-state index is 12.6. The smallest absolute Gasteiger partial charge is 0.416 e. The third kappa shape index (κ3) is 4.36. The molecule has 1 aliphatic heterocycles. The van der Waals surface area contributed by atoms with E-state index in [1.54, 1.807) is 11.0 Å². The van der Waals surface area contributed by atoms with E-state index < -0.39 is 17.7 Å². The highest BCUT2D eigenvalue weighted by molar-refractivity contribution is 5.94. The van der Waals surface area contributed by atoms with Crippen molar-refractivity contribution in [1.29, 1.82) is 0 Å². The second-order valence-electron chi connectivity index (χ2n) is 6.41. The zero-order chi connectivity index (χ0) is 20.3. The van der Waals surface area contributed by atoms with Gasteiger partial charge >= 0.3 is 12.1 Å². The van der Waals surface area contributed by atoms with Crippen molar-refractivity contribution >= 4 is 11.9 Å². The number of carbonyl (C=O) groups is 2. The van der Waals surface area contributed by atoms with Crippen molar-refractivity contribution in [3.05, 3.63) is 59.0 Å². The lowest BCUT2D eigenvalue weighted by molar-refractivity contribution is -0.137. The molecule has 0 saturated carbocycles. The number of rotatable bonds is 4. The van der Waals surface area contributed by atoms with Crippen LogP contribution in [0.25, 0.3) is 0 Å². The minimum absolute atomic E-state index is 0.158. The summed E-state index contributed by atoms with van der Waals surface area (Å²) in [5, 5.41) is 0. The molecule has 0 atom stereocenters. The molecule has 0 N–H and O–H groups in total. The molecule has 0 aliphatic carbocycles. The number of halogens is 3. The first-order valence-corrected chi connectivity index (χ1v) is 8.63. The number of esters is 1. The van der Waals surface area contributed by atoms with E-state index in [-0.39, 0.29) is 17.2 Å². The van der Waals surface area contributed by atoms with E-state index in [0.29, 0.717) is 38.3 Å². The number of benzene rings is 1. The number of carbonyl (C=O) groups excluding carboxylic acids is 2. The van der Waals surface area contributed by atoms with Crippen LogP contribution in [-0.4, -0.2) is 55.0 Å². The van der Waals surface area contributed by atoms with E-state index in [2.05, 4.69) is 9.64 Å². The Hall–Kier alpha value is -2.81. The molecule has 2 heterocycles. The lowest BCUT2D eigenvalue weighted by atomic mass is 10.1. The Balaban J connectivity index is 1.57.